The molecule has 9 heteroatoms. The van der Waals surface area contributed by atoms with Crippen molar-refractivity contribution in [1.82, 2.24) is 4.31 Å². The number of amides is 1. The summed E-state index contributed by atoms with van der Waals surface area (Å²) in [5.41, 5.74) is 4.95. The van der Waals surface area contributed by atoms with Gasteiger partial charge in [-0.15, -0.1) is 0 Å². The summed E-state index contributed by atoms with van der Waals surface area (Å²) >= 11 is 0. The lowest BCUT2D eigenvalue weighted by Crippen LogP contribution is -2.36. The number of carbonyl (C=O) groups is 1. The molecule has 1 heterocycles. The first-order chi connectivity index (χ1) is 9.28. The maximum absolute atomic E-state index is 12.2. The molecular formula is C11H13N3O5S. The fourth-order valence-electron chi connectivity index (χ4n) is 1.92. The van der Waals surface area contributed by atoms with Crippen LogP contribution in [0.5, 0.6) is 0 Å². The van der Waals surface area contributed by atoms with Crippen molar-refractivity contribution in [3.63, 3.8) is 0 Å². The molecule has 1 atom stereocenters. The van der Waals surface area contributed by atoms with E-state index in [0.29, 0.717) is 0 Å². The Kier molecular flexibility index (Phi) is 3.48. The van der Waals surface area contributed by atoms with E-state index in [4.69, 9.17) is 5.73 Å². The van der Waals surface area contributed by atoms with E-state index >= 15 is 0 Å². The maximum atomic E-state index is 12.2. The van der Waals surface area contributed by atoms with Crippen molar-refractivity contribution >= 4 is 21.6 Å². The van der Waals surface area contributed by atoms with E-state index in [9.17, 15) is 23.3 Å². The highest BCUT2D eigenvalue weighted by Gasteiger charge is 2.42. The van der Waals surface area contributed by atoms with E-state index in [2.05, 4.69) is 0 Å². The van der Waals surface area contributed by atoms with Crippen LogP contribution in [-0.2, 0) is 10.0 Å². The predicted octanol–water partition coefficient (Wildman–Crippen LogP) is 0.334. The average Bonchev–Trinajstić information content (AvgIpc) is 2.59. The first-order valence-corrected chi connectivity index (χ1v) is 7.28. The van der Waals surface area contributed by atoms with Gasteiger partial charge >= 0.3 is 0 Å². The van der Waals surface area contributed by atoms with Crippen LogP contribution in [0.1, 0.15) is 17.3 Å². The summed E-state index contributed by atoms with van der Waals surface area (Å²) in [4.78, 5) is 21.9. The lowest BCUT2D eigenvalue weighted by Gasteiger charge is -2.18. The molecule has 0 bridgehead atoms. The highest BCUT2D eigenvalue weighted by Crippen LogP contribution is 2.33. The van der Waals surface area contributed by atoms with Crippen LogP contribution in [0.2, 0.25) is 0 Å². The van der Waals surface area contributed by atoms with Gasteiger partial charge in [-0.05, 0) is 18.5 Å². The van der Waals surface area contributed by atoms with E-state index in [1.54, 1.807) is 6.92 Å². The number of nitrogens with two attached hydrogens (primary N) is 1. The van der Waals surface area contributed by atoms with Crippen LogP contribution in [-0.4, -0.2) is 36.6 Å². The molecule has 1 aliphatic rings. The molecule has 2 N–H and O–H groups in total. The largest absolute Gasteiger partial charge is 0.330 e. The molecule has 0 fully saturated rings. The molecule has 0 saturated carbocycles. The zero-order valence-electron chi connectivity index (χ0n) is 10.6. The Morgan fingerprint density at radius 1 is 1.45 bits per heavy atom. The average molecular weight is 299 g/mol. The number of non-ortho nitro benzene ring substituents is 1. The van der Waals surface area contributed by atoms with Crippen molar-refractivity contribution in [3.8, 4) is 0 Å². The second kappa shape index (κ2) is 4.84. The van der Waals surface area contributed by atoms with Gasteiger partial charge in [-0.2, -0.15) is 0 Å². The minimum Gasteiger partial charge on any atom is -0.330 e. The standard InChI is InChI=1S/C11H13N3O5S/c1-7(5-12)6-13-11(15)9-4-8(14(16)17)2-3-10(9)20(13,18)19/h2-4,7H,5-6,12H2,1H3. The van der Waals surface area contributed by atoms with Crippen molar-refractivity contribution in [1.29, 1.82) is 0 Å². The summed E-state index contributed by atoms with van der Waals surface area (Å²) in [5.74, 6) is -0.943. The number of carbonyl (C=O) groups excluding carboxylic acids is 1. The Balaban J connectivity index is 2.50. The molecule has 1 amide bonds. The summed E-state index contributed by atoms with van der Waals surface area (Å²) in [5, 5.41) is 10.7. The molecule has 20 heavy (non-hydrogen) atoms. The summed E-state index contributed by atoms with van der Waals surface area (Å²) < 4.78 is 25.2. The zero-order chi connectivity index (χ0) is 15.1. The van der Waals surface area contributed by atoms with E-state index < -0.39 is 20.9 Å². The maximum Gasteiger partial charge on any atom is 0.270 e. The number of nitrogens with zero attached hydrogens (tertiary/aromatic N) is 2. The third-order valence-corrected chi connectivity index (χ3v) is 4.89. The number of hydrogen-bond donors (Lipinski definition) is 1. The molecule has 1 aliphatic heterocycles. The van der Waals surface area contributed by atoms with Crippen LogP contribution in [0, 0.1) is 16.0 Å². The Bertz CT molecular complexity index is 685. The lowest BCUT2D eigenvalue weighted by atomic mass is 10.1. The van der Waals surface area contributed by atoms with E-state index in [1.165, 1.54) is 0 Å². The Morgan fingerprint density at radius 3 is 2.65 bits per heavy atom. The molecule has 1 aromatic rings. The van der Waals surface area contributed by atoms with Gasteiger partial charge in [0, 0.05) is 18.7 Å². The molecule has 108 valence electrons. The second-order valence-corrected chi connectivity index (χ2v) is 6.45. The second-order valence-electron chi connectivity index (χ2n) is 4.62. The molecule has 1 unspecified atom stereocenters. The van der Waals surface area contributed by atoms with Gasteiger partial charge in [-0.1, -0.05) is 6.92 Å². The molecule has 2 rings (SSSR count). The molecule has 0 radical (unpaired) electrons. The van der Waals surface area contributed by atoms with Gasteiger partial charge in [0.25, 0.3) is 21.6 Å². The Morgan fingerprint density at radius 2 is 2.10 bits per heavy atom. The van der Waals surface area contributed by atoms with Gasteiger partial charge in [0.1, 0.15) is 4.90 Å². The van der Waals surface area contributed by atoms with Crippen LogP contribution >= 0.6 is 0 Å². The Labute approximate surface area is 115 Å². The first-order valence-electron chi connectivity index (χ1n) is 5.84. The van der Waals surface area contributed by atoms with Gasteiger partial charge in [-0.3, -0.25) is 14.9 Å². The minimum absolute atomic E-state index is 0.0415. The van der Waals surface area contributed by atoms with Crippen molar-refractivity contribution in [2.75, 3.05) is 13.1 Å². The summed E-state index contributed by atoms with van der Waals surface area (Å²) in [7, 11) is -3.94. The van der Waals surface area contributed by atoms with Gasteiger partial charge in [-0.25, -0.2) is 12.7 Å². The SMILES string of the molecule is CC(CN)CN1C(=O)c2cc([N+](=O)[O-])ccc2S1(=O)=O. The number of sulfonamides is 1. The minimum atomic E-state index is -3.94. The van der Waals surface area contributed by atoms with E-state index in [1.807, 2.05) is 0 Å². The van der Waals surface area contributed by atoms with Crippen molar-refractivity contribution in [2.45, 2.75) is 11.8 Å². The molecular weight excluding hydrogens is 286 g/mol. The highest BCUT2D eigenvalue weighted by atomic mass is 32.2. The normalized spacial score (nSPS) is 17.9. The van der Waals surface area contributed by atoms with Crippen LogP contribution in [0.3, 0.4) is 0 Å². The fraction of sp³-hybridized carbons (Fsp3) is 0.364. The first kappa shape index (κ1) is 14.4. The zero-order valence-corrected chi connectivity index (χ0v) is 11.5. The molecule has 1 aromatic carbocycles. The van der Waals surface area contributed by atoms with Crippen molar-refractivity contribution in [3.05, 3.63) is 33.9 Å². The van der Waals surface area contributed by atoms with Crippen LogP contribution in [0.4, 0.5) is 5.69 Å². The van der Waals surface area contributed by atoms with Gasteiger partial charge in [0.15, 0.2) is 0 Å². The van der Waals surface area contributed by atoms with Gasteiger partial charge < -0.3 is 5.73 Å². The summed E-state index contributed by atoms with van der Waals surface area (Å²) in [6, 6.07) is 3.15. The lowest BCUT2D eigenvalue weighted by molar-refractivity contribution is -0.384. The molecule has 8 nitrogen and oxygen atoms in total. The number of fused-ring (bicyclic) bond motifs is 1. The van der Waals surface area contributed by atoms with Crippen molar-refractivity contribution in [2.24, 2.45) is 11.7 Å². The highest BCUT2D eigenvalue weighted by molar-refractivity contribution is 7.90. The molecule has 0 aliphatic carbocycles. The van der Waals surface area contributed by atoms with E-state index in [0.717, 1.165) is 22.5 Å². The van der Waals surface area contributed by atoms with E-state index in [-0.39, 0.29) is 35.2 Å². The topological polar surface area (TPSA) is 124 Å². The number of hydrogen-bond acceptors (Lipinski definition) is 6. The molecule has 0 spiro atoms. The summed E-state index contributed by atoms with van der Waals surface area (Å²) in [6.45, 7) is 1.91. The fourth-order valence-corrected chi connectivity index (χ4v) is 3.59. The predicted molar refractivity (Wildman–Crippen MR) is 69.5 cm³/mol. The molecule has 0 aromatic heterocycles. The monoisotopic (exact) mass is 299 g/mol. The number of nitro groups is 1. The van der Waals surface area contributed by atoms with Crippen LogP contribution < -0.4 is 5.73 Å². The number of rotatable bonds is 4. The van der Waals surface area contributed by atoms with Crippen LogP contribution in [0.25, 0.3) is 0 Å². The summed E-state index contributed by atoms with van der Waals surface area (Å²) in [6.07, 6.45) is 0. The smallest absolute Gasteiger partial charge is 0.270 e. The van der Waals surface area contributed by atoms with Gasteiger partial charge in [0.2, 0.25) is 0 Å². The third kappa shape index (κ3) is 2.14. The third-order valence-electron chi connectivity index (χ3n) is 3.08. The number of benzene rings is 1. The van der Waals surface area contributed by atoms with Crippen molar-refractivity contribution < 1.29 is 18.1 Å². The van der Waals surface area contributed by atoms with Crippen LogP contribution in [0.15, 0.2) is 23.1 Å². The Hall–Kier alpha value is -2.00. The quantitative estimate of drug-likeness (QED) is 0.631. The number of nitro benzene ring substituents is 1. The van der Waals surface area contributed by atoms with Gasteiger partial charge in [0.05, 0.1) is 10.5 Å². The molecule has 0 saturated heterocycles.